The Bertz CT molecular complexity index is 421. The molecular weight excluding hydrogens is 225 g/mol. The molecule has 0 amide bonds. The Morgan fingerprint density at radius 2 is 2.25 bits per heavy atom. The average Bonchev–Trinajstić information content (AvgIpc) is 2.50. The molecule has 1 aliphatic heterocycles. The van der Waals surface area contributed by atoms with Crippen LogP contribution in [0, 0.1) is 5.82 Å². The highest BCUT2D eigenvalue weighted by atomic mass is 32.2. The minimum atomic E-state index is -1.09. The smallest absolute Gasteiger partial charge is 0.124 e. The molecule has 1 aromatic rings. The molecule has 0 aromatic heterocycles. The molecule has 2 rings (SSSR count). The van der Waals surface area contributed by atoms with Gasteiger partial charge in [-0.15, -0.1) is 0 Å². The van der Waals surface area contributed by atoms with Crippen LogP contribution in [0.2, 0.25) is 0 Å². The molecule has 2 nitrogen and oxygen atoms in total. The summed E-state index contributed by atoms with van der Waals surface area (Å²) in [6.07, 6.45) is 1.03. The van der Waals surface area contributed by atoms with E-state index in [1.165, 1.54) is 12.1 Å². The first-order chi connectivity index (χ1) is 7.65. The third-order valence-electron chi connectivity index (χ3n) is 2.95. The second kappa shape index (κ2) is 4.63. The Hall–Kier alpha value is -0.740. The van der Waals surface area contributed by atoms with Crippen LogP contribution in [0.5, 0.6) is 0 Å². The van der Waals surface area contributed by atoms with E-state index in [1.54, 1.807) is 6.07 Å². The molecule has 1 heterocycles. The lowest BCUT2D eigenvalue weighted by Crippen LogP contribution is -2.28. The number of benzene rings is 1. The Morgan fingerprint density at radius 3 is 2.94 bits per heavy atom. The third-order valence-corrected chi connectivity index (χ3v) is 4.68. The van der Waals surface area contributed by atoms with Crippen molar-refractivity contribution in [3.8, 4) is 0 Å². The molecule has 0 bridgehead atoms. The summed E-state index contributed by atoms with van der Waals surface area (Å²) in [5.41, 5.74) is 0.987. The van der Waals surface area contributed by atoms with E-state index in [2.05, 4.69) is 12.2 Å². The van der Waals surface area contributed by atoms with Crippen LogP contribution in [-0.4, -0.2) is 16.0 Å². The van der Waals surface area contributed by atoms with Crippen molar-refractivity contribution in [3.63, 3.8) is 0 Å². The molecule has 0 aliphatic carbocycles. The zero-order chi connectivity index (χ0) is 11.7. The van der Waals surface area contributed by atoms with Crippen LogP contribution in [-0.2, 0) is 10.8 Å². The normalized spacial score (nSPS) is 28.1. The molecule has 88 valence electrons. The minimum absolute atomic E-state index is 0.0170. The van der Waals surface area contributed by atoms with Gasteiger partial charge in [-0.2, -0.15) is 0 Å². The summed E-state index contributed by atoms with van der Waals surface area (Å²) in [7, 11) is -1.09. The summed E-state index contributed by atoms with van der Waals surface area (Å²) in [4.78, 5) is 0.654. The van der Waals surface area contributed by atoms with E-state index >= 15 is 0 Å². The van der Waals surface area contributed by atoms with Gasteiger partial charge in [0.25, 0.3) is 0 Å². The largest absolute Gasteiger partial charge is 0.309 e. The van der Waals surface area contributed by atoms with E-state index in [4.69, 9.17) is 0 Å². The lowest BCUT2D eigenvalue weighted by Gasteiger charge is -2.16. The van der Waals surface area contributed by atoms with E-state index in [0.717, 1.165) is 18.5 Å². The van der Waals surface area contributed by atoms with Gasteiger partial charge >= 0.3 is 0 Å². The molecule has 1 aromatic carbocycles. The Kier molecular flexibility index (Phi) is 3.40. The van der Waals surface area contributed by atoms with Gasteiger partial charge in [-0.3, -0.25) is 4.21 Å². The first-order valence-electron chi connectivity index (χ1n) is 5.58. The van der Waals surface area contributed by atoms with Gasteiger partial charge in [0.05, 0.1) is 16.0 Å². The first-order valence-corrected chi connectivity index (χ1v) is 6.80. The van der Waals surface area contributed by atoms with Crippen molar-refractivity contribution in [2.24, 2.45) is 0 Å². The van der Waals surface area contributed by atoms with Crippen molar-refractivity contribution in [2.45, 2.75) is 36.5 Å². The number of hydrogen-bond donors (Lipinski definition) is 1. The van der Waals surface area contributed by atoms with Crippen LogP contribution in [0.25, 0.3) is 0 Å². The van der Waals surface area contributed by atoms with E-state index in [-0.39, 0.29) is 17.1 Å². The molecule has 0 spiro atoms. The summed E-state index contributed by atoms with van der Waals surface area (Å²) < 4.78 is 25.1. The quantitative estimate of drug-likeness (QED) is 0.880. The number of fused-ring (bicyclic) bond motifs is 1. The van der Waals surface area contributed by atoms with Crippen LogP contribution >= 0.6 is 0 Å². The predicted molar refractivity (Wildman–Crippen MR) is 63.3 cm³/mol. The van der Waals surface area contributed by atoms with Crippen molar-refractivity contribution in [3.05, 3.63) is 29.6 Å². The fourth-order valence-corrected chi connectivity index (χ4v) is 3.64. The SMILES string of the molecule is CCCNC1c2ccc(F)cc2S(=O)C1C. The molecule has 0 saturated carbocycles. The van der Waals surface area contributed by atoms with Crippen molar-refractivity contribution >= 4 is 10.8 Å². The van der Waals surface area contributed by atoms with Crippen molar-refractivity contribution < 1.29 is 8.60 Å². The molecule has 3 unspecified atom stereocenters. The summed E-state index contributed by atoms with van der Waals surface area (Å²) in [5.74, 6) is -0.310. The highest BCUT2D eigenvalue weighted by molar-refractivity contribution is 7.86. The van der Waals surface area contributed by atoms with Gasteiger partial charge in [-0.1, -0.05) is 13.0 Å². The minimum Gasteiger partial charge on any atom is -0.309 e. The van der Waals surface area contributed by atoms with Gasteiger partial charge in [0, 0.05) is 10.9 Å². The van der Waals surface area contributed by atoms with Crippen LogP contribution < -0.4 is 5.32 Å². The highest BCUT2D eigenvalue weighted by Gasteiger charge is 2.35. The van der Waals surface area contributed by atoms with Gasteiger partial charge in [0.15, 0.2) is 0 Å². The Balaban J connectivity index is 2.34. The number of nitrogens with one attached hydrogen (secondary N) is 1. The van der Waals surface area contributed by atoms with E-state index in [1.807, 2.05) is 6.92 Å². The number of hydrogen-bond acceptors (Lipinski definition) is 2. The summed E-state index contributed by atoms with van der Waals surface area (Å²) in [5, 5.41) is 3.39. The fourth-order valence-electron chi connectivity index (χ4n) is 2.09. The monoisotopic (exact) mass is 241 g/mol. The molecule has 4 heteroatoms. The second-order valence-corrected chi connectivity index (χ2v) is 5.89. The summed E-state index contributed by atoms with van der Waals surface area (Å²) >= 11 is 0. The zero-order valence-corrected chi connectivity index (χ0v) is 10.3. The van der Waals surface area contributed by atoms with E-state index in [9.17, 15) is 8.60 Å². The lowest BCUT2D eigenvalue weighted by atomic mass is 10.0. The van der Waals surface area contributed by atoms with E-state index < -0.39 is 10.8 Å². The highest BCUT2D eigenvalue weighted by Crippen LogP contribution is 2.36. The number of rotatable bonds is 3. The summed E-state index contributed by atoms with van der Waals surface area (Å²) in [6, 6.07) is 4.68. The van der Waals surface area contributed by atoms with Gasteiger partial charge in [0.2, 0.25) is 0 Å². The standard InChI is InChI=1S/C12H16FNOS/c1-3-6-14-12-8(2)16(15)11-7-9(13)4-5-10(11)12/h4-5,7-8,12,14H,3,6H2,1-2H3. The molecule has 0 radical (unpaired) electrons. The summed E-state index contributed by atoms with van der Waals surface area (Å²) in [6.45, 7) is 4.93. The Morgan fingerprint density at radius 1 is 1.50 bits per heavy atom. The maximum Gasteiger partial charge on any atom is 0.124 e. The van der Waals surface area contributed by atoms with Gasteiger partial charge in [-0.05, 0) is 37.6 Å². The molecule has 0 fully saturated rings. The van der Waals surface area contributed by atoms with Crippen LogP contribution in [0.1, 0.15) is 31.9 Å². The molecule has 3 atom stereocenters. The third kappa shape index (κ3) is 1.92. The molecule has 0 saturated heterocycles. The van der Waals surface area contributed by atoms with Crippen LogP contribution in [0.3, 0.4) is 0 Å². The van der Waals surface area contributed by atoms with Crippen LogP contribution in [0.15, 0.2) is 23.1 Å². The molecular formula is C12H16FNOS. The topological polar surface area (TPSA) is 29.1 Å². The maximum atomic E-state index is 13.1. The molecule has 16 heavy (non-hydrogen) atoms. The van der Waals surface area contributed by atoms with Gasteiger partial charge < -0.3 is 5.32 Å². The van der Waals surface area contributed by atoms with Crippen LogP contribution in [0.4, 0.5) is 4.39 Å². The molecule has 1 aliphatic rings. The predicted octanol–water partition coefficient (Wildman–Crippen LogP) is 2.38. The molecule has 1 N–H and O–H groups in total. The maximum absolute atomic E-state index is 13.1. The first kappa shape index (κ1) is 11.7. The van der Waals surface area contributed by atoms with Crippen molar-refractivity contribution in [1.29, 1.82) is 0 Å². The lowest BCUT2D eigenvalue weighted by molar-refractivity contribution is 0.526. The van der Waals surface area contributed by atoms with E-state index in [0.29, 0.717) is 4.90 Å². The second-order valence-electron chi connectivity index (χ2n) is 4.12. The van der Waals surface area contributed by atoms with Gasteiger partial charge in [-0.25, -0.2) is 4.39 Å². The number of halogens is 1. The zero-order valence-electron chi connectivity index (χ0n) is 9.50. The van der Waals surface area contributed by atoms with Crippen molar-refractivity contribution in [2.75, 3.05) is 6.54 Å². The fraction of sp³-hybridized carbons (Fsp3) is 0.500. The van der Waals surface area contributed by atoms with Crippen molar-refractivity contribution in [1.82, 2.24) is 5.32 Å². The average molecular weight is 241 g/mol. The van der Waals surface area contributed by atoms with Gasteiger partial charge in [0.1, 0.15) is 5.82 Å². The Labute approximate surface area is 97.7 Å².